The van der Waals surface area contributed by atoms with Gasteiger partial charge in [0.1, 0.15) is 18.4 Å². The van der Waals surface area contributed by atoms with Crippen molar-refractivity contribution >= 4 is 5.69 Å². The molecule has 3 aromatic carbocycles. The molecular formula is C26H25N5O. The molecule has 4 rings (SSSR count). The SMILES string of the molecule is CCCCOc1ccc(CN(c2ccc(C#N)c(-c3ccccc3)c2)n2cnnc2)cc1. The van der Waals surface area contributed by atoms with Gasteiger partial charge in [-0.3, -0.25) is 5.01 Å². The van der Waals surface area contributed by atoms with Gasteiger partial charge in [-0.25, -0.2) is 4.68 Å². The molecule has 0 N–H and O–H groups in total. The van der Waals surface area contributed by atoms with E-state index in [1.807, 2.05) is 65.3 Å². The first kappa shape index (κ1) is 21.1. The lowest BCUT2D eigenvalue weighted by Gasteiger charge is -2.26. The Hall–Kier alpha value is -4.11. The maximum absolute atomic E-state index is 9.63. The number of hydrogen-bond acceptors (Lipinski definition) is 5. The Morgan fingerprint density at radius 3 is 2.41 bits per heavy atom. The van der Waals surface area contributed by atoms with E-state index in [4.69, 9.17) is 4.74 Å². The van der Waals surface area contributed by atoms with Crippen LogP contribution in [-0.2, 0) is 6.54 Å². The summed E-state index contributed by atoms with van der Waals surface area (Å²) in [4.78, 5) is 0. The van der Waals surface area contributed by atoms with Crippen molar-refractivity contribution in [1.29, 1.82) is 5.26 Å². The van der Waals surface area contributed by atoms with Crippen molar-refractivity contribution in [1.82, 2.24) is 14.9 Å². The number of anilines is 1. The standard InChI is InChI=1S/C26H25N5O/c1-2-3-15-32-25-13-9-21(10-14-25)18-31(30-19-28-29-20-30)24-12-11-23(17-27)26(16-24)22-7-5-4-6-8-22/h4-14,16,19-20H,2-3,15,18H2,1H3. The summed E-state index contributed by atoms with van der Waals surface area (Å²) in [7, 11) is 0. The van der Waals surface area contributed by atoms with Crippen LogP contribution in [0.15, 0.2) is 85.5 Å². The molecule has 0 saturated carbocycles. The molecular weight excluding hydrogens is 398 g/mol. The van der Waals surface area contributed by atoms with Gasteiger partial charge in [-0.1, -0.05) is 55.8 Å². The van der Waals surface area contributed by atoms with Gasteiger partial charge in [0.15, 0.2) is 0 Å². The molecule has 6 nitrogen and oxygen atoms in total. The van der Waals surface area contributed by atoms with Crippen LogP contribution in [0.25, 0.3) is 11.1 Å². The lowest BCUT2D eigenvalue weighted by Crippen LogP contribution is -2.27. The van der Waals surface area contributed by atoms with Crippen molar-refractivity contribution in [2.24, 2.45) is 0 Å². The number of rotatable bonds is 9. The molecule has 4 aromatic rings. The fourth-order valence-corrected chi connectivity index (χ4v) is 3.47. The van der Waals surface area contributed by atoms with Gasteiger partial charge in [0.05, 0.1) is 30.5 Å². The predicted molar refractivity (Wildman–Crippen MR) is 125 cm³/mol. The number of benzene rings is 3. The van der Waals surface area contributed by atoms with E-state index in [1.54, 1.807) is 12.7 Å². The molecule has 0 spiro atoms. The molecule has 0 radical (unpaired) electrons. The summed E-state index contributed by atoms with van der Waals surface area (Å²) in [5, 5.41) is 19.7. The number of aromatic nitrogens is 3. The highest BCUT2D eigenvalue weighted by atomic mass is 16.5. The second-order valence-electron chi connectivity index (χ2n) is 7.45. The van der Waals surface area contributed by atoms with E-state index in [2.05, 4.69) is 40.3 Å². The van der Waals surface area contributed by atoms with Crippen molar-refractivity contribution in [3.8, 4) is 22.9 Å². The van der Waals surface area contributed by atoms with Crippen LogP contribution in [0.4, 0.5) is 5.69 Å². The van der Waals surface area contributed by atoms with Crippen molar-refractivity contribution in [3.05, 3.63) is 96.6 Å². The summed E-state index contributed by atoms with van der Waals surface area (Å²) in [5.74, 6) is 0.878. The smallest absolute Gasteiger partial charge is 0.139 e. The largest absolute Gasteiger partial charge is 0.494 e. The highest BCUT2D eigenvalue weighted by Crippen LogP contribution is 2.29. The second kappa shape index (κ2) is 10.3. The summed E-state index contributed by atoms with van der Waals surface area (Å²) >= 11 is 0. The van der Waals surface area contributed by atoms with Crippen molar-refractivity contribution < 1.29 is 4.74 Å². The monoisotopic (exact) mass is 423 g/mol. The van der Waals surface area contributed by atoms with Crippen molar-refractivity contribution in [3.63, 3.8) is 0 Å². The zero-order valence-corrected chi connectivity index (χ0v) is 18.1. The third kappa shape index (κ3) is 4.96. The van der Waals surface area contributed by atoms with Crippen LogP contribution in [0.5, 0.6) is 5.75 Å². The fourth-order valence-electron chi connectivity index (χ4n) is 3.47. The van der Waals surface area contributed by atoms with Gasteiger partial charge in [0, 0.05) is 5.56 Å². The number of nitrogens with zero attached hydrogens (tertiary/aromatic N) is 5. The average molecular weight is 424 g/mol. The summed E-state index contributed by atoms with van der Waals surface area (Å²) in [6.07, 6.45) is 5.50. The van der Waals surface area contributed by atoms with E-state index in [0.29, 0.717) is 12.1 Å². The molecule has 0 saturated heterocycles. The Bertz CT molecular complexity index is 1170. The normalized spacial score (nSPS) is 10.5. The predicted octanol–water partition coefficient (Wildman–Crippen LogP) is 5.47. The molecule has 0 atom stereocenters. The van der Waals surface area contributed by atoms with Crippen LogP contribution in [0.2, 0.25) is 0 Å². The minimum Gasteiger partial charge on any atom is -0.494 e. The summed E-state index contributed by atoms with van der Waals surface area (Å²) < 4.78 is 7.63. The van der Waals surface area contributed by atoms with E-state index < -0.39 is 0 Å². The second-order valence-corrected chi connectivity index (χ2v) is 7.45. The zero-order valence-electron chi connectivity index (χ0n) is 18.1. The highest BCUT2D eigenvalue weighted by Gasteiger charge is 2.14. The molecule has 0 aliphatic carbocycles. The van der Waals surface area contributed by atoms with Gasteiger partial charge in [-0.05, 0) is 47.9 Å². The highest BCUT2D eigenvalue weighted by molar-refractivity contribution is 5.74. The molecule has 6 heteroatoms. The fraction of sp³-hybridized carbons (Fsp3) is 0.192. The van der Waals surface area contributed by atoms with E-state index in [-0.39, 0.29) is 0 Å². The molecule has 0 aliphatic heterocycles. The van der Waals surface area contributed by atoms with E-state index in [0.717, 1.165) is 47.6 Å². The lowest BCUT2D eigenvalue weighted by atomic mass is 9.99. The Morgan fingerprint density at radius 2 is 1.72 bits per heavy atom. The Morgan fingerprint density at radius 1 is 0.969 bits per heavy atom. The molecule has 1 aromatic heterocycles. The zero-order chi connectivity index (χ0) is 22.2. The number of nitriles is 1. The van der Waals surface area contributed by atoms with Crippen LogP contribution < -0.4 is 9.75 Å². The van der Waals surface area contributed by atoms with Gasteiger partial charge in [0.2, 0.25) is 0 Å². The summed E-state index contributed by atoms with van der Waals surface area (Å²) in [5.41, 5.74) is 4.59. The van der Waals surface area contributed by atoms with Crippen LogP contribution in [0.1, 0.15) is 30.9 Å². The molecule has 1 heterocycles. The van der Waals surface area contributed by atoms with Gasteiger partial charge in [-0.2, -0.15) is 5.26 Å². The third-order valence-corrected chi connectivity index (χ3v) is 5.21. The first-order chi connectivity index (χ1) is 15.8. The summed E-state index contributed by atoms with van der Waals surface area (Å²) in [6, 6.07) is 26.3. The molecule has 0 amide bonds. The molecule has 0 unspecified atom stereocenters. The van der Waals surface area contributed by atoms with E-state index in [9.17, 15) is 5.26 Å². The maximum Gasteiger partial charge on any atom is 0.139 e. The van der Waals surface area contributed by atoms with Gasteiger partial charge >= 0.3 is 0 Å². The molecule has 160 valence electrons. The quantitative estimate of drug-likeness (QED) is 0.334. The van der Waals surface area contributed by atoms with Crippen LogP contribution >= 0.6 is 0 Å². The van der Waals surface area contributed by atoms with Crippen molar-refractivity contribution in [2.75, 3.05) is 11.6 Å². The van der Waals surface area contributed by atoms with Crippen LogP contribution in [0.3, 0.4) is 0 Å². The molecule has 0 bridgehead atoms. The van der Waals surface area contributed by atoms with E-state index >= 15 is 0 Å². The van der Waals surface area contributed by atoms with Crippen LogP contribution in [-0.4, -0.2) is 21.5 Å². The van der Waals surface area contributed by atoms with Gasteiger partial charge in [0.25, 0.3) is 0 Å². The molecule has 0 aliphatic rings. The average Bonchev–Trinajstić information content (AvgIpc) is 3.38. The van der Waals surface area contributed by atoms with Crippen molar-refractivity contribution in [2.45, 2.75) is 26.3 Å². The minimum absolute atomic E-state index is 0.605. The third-order valence-electron chi connectivity index (χ3n) is 5.21. The van der Waals surface area contributed by atoms with Gasteiger partial charge < -0.3 is 4.74 Å². The first-order valence-electron chi connectivity index (χ1n) is 10.7. The topological polar surface area (TPSA) is 67.0 Å². The number of hydrogen-bond donors (Lipinski definition) is 0. The Labute approximate surface area is 188 Å². The molecule has 0 fully saturated rings. The Kier molecular flexibility index (Phi) is 6.78. The van der Waals surface area contributed by atoms with Crippen LogP contribution in [0, 0.1) is 11.3 Å². The molecule has 32 heavy (non-hydrogen) atoms. The lowest BCUT2D eigenvalue weighted by molar-refractivity contribution is 0.309. The maximum atomic E-state index is 9.63. The Balaban J connectivity index is 1.64. The number of unbranched alkanes of at least 4 members (excludes halogenated alkanes) is 1. The summed E-state index contributed by atoms with van der Waals surface area (Å²) in [6.45, 7) is 3.49. The van der Waals surface area contributed by atoms with Gasteiger partial charge in [-0.15, -0.1) is 10.2 Å². The van der Waals surface area contributed by atoms with E-state index in [1.165, 1.54) is 0 Å². The first-order valence-corrected chi connectivity index (χ1v) is 10.7. The minimum atomic E-state index is 0.605. The number of ether oxygens (including phenoxy) is 1.